The standard InChI is InChI=1S/C20H20F2N6O/c1-13-4-17(24-18(5-13)27-9-20(10-27)2-3-29-11-20)25-19-23-12-28(26-19)16-7-14(21)6-15(22)8-16/h4-8,12H,2-3,9-11H2,1H3,(H,24,25,26). The number of aromatic nitrogens is 4. The molecule has 0 aliphatic carbocycles. The molecule has 1 N–H and O–H groups in total. The predicted molar refractivity (Wildman–Crippen MR) is 104 cm³/mol. The van der Waals surface area contributed by atoms with E-state index in [1.807, 2.05) is 13.0 Å². The maximum Gasteiger partial charge on any atom is 0.248 e. The van der Waals surface area contributed by atoms with E-state index in [-0.39, 0.29) is 11.1 Å². The van der Waals surface area contributed by atoms with Crippen molar-refractivity contribution in [1.82, 2.24) is 19.7 Å². The third-order valence-electron chi connectivity index (χ3n) is 5.36. The van der Waals surface area contributed by atoms with Crippen LogP contribution in [0.5, 0.6) is 0 Å². The van der Waals surface area contributed by atoms with E-state index >= 15 is 0 Å². The number of benzene rings is 1. The lowest BCUT2D eigenvalue weighted by molar-refractivity contribution is 0.131. The van der Waals surface area contributed by atoms with Crippen LogP contribution in [0.4, 0.5) is 26.4 Å². The third-order valence-corrected chi connectivity index (χ3v) is 5.36. The number of rotatable bonds is 4. The number of hydrogen-bond donors (Lipinski definition) is 1. The molecule has 1 spiro atoms. The van der Waals surface area contributed by atoms with Gasteiger partial charge in [-0.1, -0.05) is 0 Å². The van der Waals surface area contributed by atoms with Crippen molar-refractivity contribution in [1.29, 1.82) is 0 Å². The summed E-state index contributed by atoms with van der Waals surface area (Å²) in [6.45, 7) is 5.56. The molecule has 3 aromatic rings. The highest BCUT2D eigenvalue weighted by molar-refractivity contribution is 5.56. The van der Waals surface area contributed by atoms with Crippen LogP contribution in [0.2, 0.25) is 0 Å². The van der Waals surface area contributed by atoms with Gasteiger partial charge in [-0.2, -0.15) is 4.98 Å². The molecule has 0 amide bonds. The summed E-state index contributed by atoms with van der Waals surface area (Å²) in [4.78, 5) is 11.1. The highest BCUT2D eigenvalue weighted by atomic mass is 19.1. The van der Waals surface area contributed by atoms with Gasteiger partial charge in [-0.3, -0.25) is 0 Å². The van der Waals surface area contributed by atoms with Crippen molar-refractivity contribution in [2.75, 3.05) is 36.5 Å². The highest BCUT2D eigenvalue weighted by Gasteiger charge is 2.46. The van der Waals surface area contributed by atoms with Crippen molar-refractivity contribution >= 4 is 17.6 Å². The van der Waals surface area contributed by atoms with Crippen molar-refractivity contribution in [3.63, 3.8) is 0 Å². The average Bonchev–Trinajstić information content (AvgIpc) is 3.28. The number of halogens is 2. The molecule has 2 aliphatic heterocycles. The normalized spacial score (nSPS) is 17.6. The van der Waals surface area contributed by atoms with Crippen molar-refractivity contribution in [3.8, 4) is 5.69 Å². The molecule has 150 valence electrons. The van der Waals surface area contributed by atoms with Crippen LogP contribution in [-0.2, 0) is 4.74 Å². The first-order valence-corrected chi connectivity index (χ1v) is 9.45. The van der Waals surface area contributed by atoms with Gasteiger partial charge in [0.25, 0.3) is 0 Å². The van der Waals surface area contributed by atoms with Gasteiger partial charge >= 0.3 is 0 Å². The van der Waals surface area contributed by atoms with E-state index in [1.165, 1.54) is 23.1 Å². The monoisotopic (exact) mass is 398 g/mol. The van der Waals surface area contributed by atoms with Crippen molar-refractivity contribution < 1.29 is 13.5 Å². The van der Waals surface area contributed by atoms with Gasteiger partial charge in [0.05, 0.1) is 12.3 Å². The Morgan fingerprint density at radius 3 is 2.62 bits per heavy atom. The van der Waals surface area contributed by atoms with Gasteiger partial charge in [-0.25, -0.2) is 18.4 Å². The Morgan fingerprint density at radius 1 is 1.10 bits per heavy atom. The molecule has 0 saturated carbocycles. The van der Waals surface area contributed by atoms with Crippen LogP contribution in [0, 0.1) is 24.0 Å². The van der Waals surface area contributed by atoms with Gasteiger partial charge in [0.1, 0.15) is 29.6 Å². The maximum atomic E-state index is 13.4. The van der Waals surface area contributed by atoms with Crippen LogP contribution in [0.25, 0.3) is 5.69 Å². The summed E-state index contributed by atoms with van der Waals surface area (Å²) < 4.78 is 33.7. The molecule has 5 rings (SSSR count). The minimum absolute atomic E-state index is 0.255. The number of ether oxygens (including phenoxy) is 1. The molecule has 4 heterocycles. The second-order valence-corrected chi connectivity index (χ2v) is 7.81. The minimum atomic E-state index is -0.671. The average molecular weight is 398 g/mol. The fraction of sp³-hybridized carbons (Fsp3) is 0.350. The predicted octanol–water partition coefficient (Wildman–Crippen LogP) is 3.22. The first-order valence-electron chi connectivity index (χ1n) is 9.45. The van der Waals surface area contributed by atoms with Gasteiger partial charge < -0.3 is 15.0 Å². The first kappa shape index (κ1) is 18.0. The van der Waals surface area contributed by atoms with E-state index in [9.17, 15) is 8.78 Å². The zero-order valence-electron chi connectivity index (χ0n) is 15.9. The summed E-state index contributed by atoms with van der Waals surface area (Å²) in [5.74, 6) is 0.469. The molecular weight excluding hydrogens is 378 g/mol. The third kappa shape index (κ3) is 3.53. The Balaban J connectivity index is 1.33. The molecule has 29 heavy (non-hydrogen) atoms. The van der Waals surface area contributed by atoms with Crippen LogP contribution in [0.15, 0.2) is 36.7 Å². The van der Waals surface area contributed by atoms with Gasteiger partial charge in [0, 0.05) is 31.2 Å². The molecule has 0 unspecified atom stereocenters. The van der Waals surface area contributed by atoms with Gasteiger partial charge in [0.15, 0.2) is 0 Å². The SMILES string of the molecule is Cc1cc(Nc2ncn(-c3cc(F)cc(F)c3)n2)nc(N2CC3(CCOC3)C2)c1. The van der Waals surface area contributed by atoms with Crippen molar-refractivity contribution in [2.45, 2.75) is 13.3 Å². The zero-order valence-corrected chi connectivity index (χ0v) is 15.9. The summed E-state index contributed by atoms with van der Waals surface area (Å²) in [5, 5.41) is 7.32. The Morgan fingerprint density at radius 2 is 1.90 bits per heavy atom. The largest absolute Gasteiger partial charge is 0.381 e. The molecule has 2 saturated heterocycles. The number of aryl methyl sites for hydroxylation is 1. The number of pyridine rings is 1. The first-order chi connectivity index (χ1) is 14.0. The summed E-state index contributed by atoms with van der Waals surface area (Å²) in [7, 11) is 0. The lowest BCUT2D eigenvalue weighted by Gasteiger charge is -2.48. The van der Waals surface area contributed by atoms with Crippen LogP contribution < -0.4 is 10.2 Å². The molecule has 2 aliphatic rings. The Hall–Kier alpha value is -3.07. The van der Waals surface area contributed by atoms with Gasteiger partial charge in [-0.05, 0) is 43.2 Å². The molecule has 0 atom stereocenters. The fourth-order valence-electron chi connectivity index (χ4n) is 3.93. The number of nitrogens with zero attached hydrogens (tertiary/aromatic N) is 5. The summed E-state index contributed by atoms with van der Waals surface area (Å²) >= 11 is 0. The highest BCUT2D eigenvalue weighted by Crippen LogP contribution is 2.40. The van der Waals surface area contributed by atoms with E-state index < -0.39 is 11.6 Å². The lowest BCUT2D eigenvalue weighted by atomic mass is 9.79. The Bertz CT molecular complexity index is 1030. The topological polar surface area (TPSA) is 68.1 Å². The Kier molecular flexibility index (Phi) is 4.20. The van der Waals surface area contributed by atoms with Crippen molar-refractivity contribution in [2.24, 2.45) is 5.41 Å². The summed E-state index contributed by atoms with van der Waals surface area (Å²) in [5.41, 5.74) is 1.60. The number of nitrogens with one attached hydrogen (secondary N) is 1. The molecule has 2 fully saturated rings. The second kappa shape index (κ2) is 6.77. The molecule has 1 aromatic carbocycles. The summed E-state index contributed by atoms with van der Waals surface area (Å²) in [6.07, 6.45) is 2.50. The molecular formula is C20H20F2N6O. The zero-order chi connectivity index (χ0) is 20.0. The van der Waals surface area contributed by atoms with Crippen LogP contribution in [-0.4, -0.2) is 46.1 Å². The maximum absolute atomic E-state index is 13.4. The fourth-order valence-corrected chi connectivity index (χ4v) is 3.93. The second-order valence-electron chi connectivity index (χ2n) is 7.81. The smallest absolute Gasteiger partial charge is 0.248 e. The molecule has 0 radical (unpaired) electrons. The van der Waals surface area contributed by atoms with Gasteiger partial charge in [-0.15, -0.1) is 5.10 Å². The van der Waals surface area contributed by atoms with E-state index in [0.717, 1.165) is 50.2 Å². The minimum Gasteiger partial charge on any atom is -0.381 e. The molecule has 7 nitrogen and oxygen atoms in total. The van der Waals surface area contributed by atoms with E-state index in [2.05, 4.69) is 31.3 Å². The van der Waals surface area contributed by atoms with E-state index in [0.29, 0.717) is 11.8 Å². The molecule has 9 heteroatoms. The number of anilines is 3. The quantitative estimate of drug-likeness (QED) is 0.728. The molecule has 2 aromatic heterocycles. The van der Waals surface area contributed by atoms with E-state index in [4.69, 9.17) is 4.74 Å². The van der Waals surface area contributed by atoms with E-state index in [1.54, 1.807) is 0 Å². The Labute approximate surface area is 166 Å². The number of hydrogen-bond acceptors (Lipinski definition) is 6. The van der Waals surface area contributed by atoms with Crippen LogP contribution >= 0.6 is 0 Å². The molecule has 0 bridgehead atoms. The van der Waals surface area contributed by atoms with Crippen LogP contribution in [0.1, 0.15) is 12.0 Å². The van der Waals surface area contributed by atoms with Crippen molar-refractivity contribution in [3.05, 3.63) is 53.9 Å². The van der Waals surface area contributed by atoms with Gasteiger partial charge in [0.2, 0.25) is 5.95 Å². The lowest BCUT2D eigenvalue weighted by Crippen LogP contribution is -2.57. The summed E-state index contributed by atoms with van der Waals surface area (Å²) in [6, 6.07) is 7.15. The van der Waals surface area contributed by atoms with Crippen LogP contribution in [0.3, 0.4) is 0 Å².